The lowest BCUT2D eigenvalue weighted by atomic mass is 9.93. The van der Waals surface area contributed by atoms with Gasteiger partial charge < -0.3 is 15.2 Å². The van der Waals surface area contributed by atoms with Crippen LogP contribution < -0.4 is 5.32 Å². The smallest absolute Gasteiger partial charge is 0.329 e. The van der Waals surface area contributed by atoms with Crippen molar-refractivity contribution in [2.75, 3.05) is 5.32 Å². The first-order chi connectivity index (χ1) is 16.3. The first-order valence-corrected chi connectivity index (χ1v) is 12.2. The zero-order chi connectivity index (χ0) is 24.0. The fourth-order valence-electron chi connectivity index (χ4n) is 5.32. The van der Waals surface area contributed by atoms with Crippen LogP contribution in [0.15, 0.2) is 54.6 Å². The Morgan fingerprint density at radius 2 is 1.65 bits per heavy atom. The minimum Gasteiger partial charge on any atom is -0.479 e. The maximum atomic E-state index is 11.9. The van der Waals surface area contributed by atoms with Crippen molar-refractivity contribution in [2.24, 2.45) is 5.92 Å². The van der Waals surface area contributed by atoms with E-state index < -0.39 is 11.5 Å². The van der Waals surface area contributed by atoms with Crippen molar-refractivity contribution in [3.8, 4) is 11.1 Å². The van der Waals surface area contributed by atoms with Crippen LogP contribution in [0, 0.1) is 26.7 Å². The van der Waals surface area contributed by atoms with Gasteiger partial charge in [-0.2, -0.15) is 0 Å². The van der Waals surface area contributed by atoms with Crippen LogP contribution in [0.25, 0.3) is 11.1 Å². The molecule has 0 aromatic heterocycles. The van der Waals surface area contributed by atoms with Gasteiger partial charge in [0.05, 0.1) is 12.7 Å². The second kappa shape index (κ2) is 8.59. The molecule has 0 radical (unpaired) electrons. The number of hydrogen-bond acceptors (Lipinski definition) is 3. The second-order valence-corrected chi connectivity index (χ2v) is 10.2. The molecule has 2 N–H and O–H groups in total. The van der Waals surface area contributed by atoms with Gasteiger partial charge in [-0.05, 0) is 103 Å². The van der Waals surface area contributed by atoms with E-state index >= 15 is 0 Å². The summed E-state index contributed by atoms with van der Waals surface area (Å²) in [7, 11) is 0. The molecule has 3 aromatic rings. The van der Waals surface area contributed by atoms with Crippen LogP contribution in [-0.4, -0.2) is 22.7 Å². The Morgan fingerprint density at radius 3 is 2.21 bits per heavy atom. The quantitative estimate of drug-likeness (QED) is 0.443. The van der Waals surface area contributed by atoms with Crippen molar-refractivity contribution >= 4 is 11.7 Å². The molecular formula is C30H33NO3. The van der Waals surface area contributed by atoms with Crippen LogP contribution >= 0.6 is 0 Å². The minimum absolute atomic E-state index is 0.115. The Bertz CT molecular complexity index is 1220. The van der Waals surface area contributed by atoms with Crippen molar-refractivity contribution in [3.63, 3.8) is 0 Å². The maximum Gasteiger partial charge on any atom is 0.329 e. The van der Waals surface area contributed by atoms with Gasteiger partial charge in [-0.1, -0.05) is 49.4 Å². The summed E-state index contributed by atoms with van der Waals surface area (Å²) in [5, 5.41) is 13.1. The number of aliphatic carboxylic acids is 1. The highest BCUT2D eigenvalue weighted by Gasteiger charge is 2.58. The van der Waals surface area contributed by atoms with Crippen LogP contribution in [0.3, 0.4) is 0 Å². The number of ether oxygens (including phenoxy) is 1. The van der Waals surface area contributed by atoms with E-state index in [-0.39, 0.29) is 12.0 Å². The van der Waals surface area contributed by atoms with Crippen LogP contribution in [0.5, 0.6) is 0 Å². The zero-order valence-corrected chi connectivity index (χ0v) is 20.4. The normalized spacial score (nSPS) is 21.4. The number of rotatable bonds is 7. The summed E-state index contributed by atoms with van der Waals surface area (Å²) >= 11 is 0. The fourth-order valence-corrected chi connectivity index (χ4v) is 5.32. The molecule has 2 aliphatic carbocycles. The van der Waals surface area contributed by atoms with Gasteiger partial charge in [-0.15, -0.1) is 0 Å². The number of carbonyl (C=O) groups is 1. The van der Waals surface area contributed by atoms with E-state index in [0.29, 0.717) is 13.0 Å². The number of benzene rings is 3. The molecule has 0 spiro atoms. The topological polar surface area (TPSA) is 58.6 Å². The summed E-state index contributed by atoms with van der Waals surface area (Å²) < 4.78 is 6.44. The second-order valence-electron chi connectivity index (χ2n) is 10.2. The Kier molecular flexibility index (Phi) is 5.73. The number of anilines is 1. The Balaban J connectivity index is 1.44. The monoisotopic (exact) mass is 455 g/mol. The summed E-state index contributed by atoms with van der Waals surface area (Å²) in [6, 6.07) is 19.2. The predicted octanol–water partition coefficient (Wildman–Crippen LogP) is 6.24. The number of carboxylic acids is 1. The largest absolute Gasteiger partial charge is 0.479 e. The molecule has 1 saturated carbocycles. The van der Waals surface area contributed by atoms with Gasteiger partial charge in [-0.25, -0.2) is 4.79 Å². The lowest BCUT2D eigenvalue weighted by Gasteiger charge is -2.20. The molecule has 3 aromatic carbocycles. The van der Waals surface area contributed by atoms with E-state index in [1.165, 1.54) is 33.4 Å². The molecule has 2 aliphatic rings. The molecule has 4 nitrogen and oxygen atoms in total. The van der Waals surface area contributed by atoms with Crippen molar-refractivity contribution in [1.29, 1.82) is 0 Å². The molecule has 34 heavy (non-hydrogen) atoms. The first-order valence-electron chi connectivity index (χ1n) is 12.2. The summed E-state index contributed by atoms with van der Waals surface area (Å²) in [6.07, 6.45) is 2.68. The third kappa shape index (κ3) is 4.12. The molecular weight excluding hydrogens is 422 g/mol. The van der Waals surface area contributed by atoms with Crippen LogP contribution in [-0.2, 0) is 29.0 Å². The van der Waals surface area contributed by atoms with Gasteiger partial charge >= 0.3 is 5.97 Å². The van der Waals surface area contributed by atoms with E-state index in [1.54, 1.807) is 0 Å². The Hall–Kier alpha value is -3.11. The van der Waals surface area contributed by atoms with E-state index in [0.717, 1.165) is 29.7 Å². The molecule has 4 heteroatoms. The third-order valence-corrected chi connectivity index (χ3v) is 7.89. The van der Waals surface area contributed by atoms with Crippen LogP contribution in [0.4, 0.5) is 5.69 Å². The van der Waals surface area contributed by atoms with Gasteiger partial charge in [0.1, 0.15) is 5.54 Å². The zero-order valence-electron chi connectivity index (χ0n) is 20.4. The van der Waals surface area contributed by atoms with Gasteiger partial charge in [0.2, 0.25) is 0 Å². The lowest BCUT2D eigenvalue weighted by molar-refractivity contribution is -0.139. The first kappa shape index (κ1) is 22.7. The number of aryl methyl sites for hydroxylation is 2. The molecule has 0 saturated heterocycles. The van der Waals surface area contributed by atoms with Crippen molar-refractivity contribution in [1.82, 2.24) is 0 Å². The Morgan fingerprint density at radius 1 is 1.03 bits per heavy atom. The Labute approximate surface area is 202 Å². The van der Waals surface area contributed by atoms with E-state index in [4.69, 9.17) is 4.74 Å². The molecule has 0 bridgehead atoms. The van der Waals surface area contributed by atoms with Crippen LogP contribution in [0.1, 0.15) is 46.7 Å². The molecule has 1 fully saturated rings. The minimum atomic E-state index is -0.857. The van der Waals surface area contributed by atoms with E-state index in [1.807, 2.05) is 13.0 Å². The fraction of sp³-hybridized carbons (Fsp3) is 0.367. The summed E-state index contributed by atoms with van der Waals surface area (Å²) in [6.45, 7) is 8.93. The summed E-state index contributed by atoms with van der Waals surface area (Å²) in [4.78, 5) is 11.9. The SMILES string of the molecule is Cc1cc(-c2ccc(N[C@@]3(C(=O)O)C[C@H]3C)cc2COC2Cc3ccccc3C2)cc(C)c1C. The average Bonchev–Trinajstić information content (AvgIpc) is 3.27. The van der Waals surface area contributed by atoms with Crippen LogP contribution in [0.2, 0.25) is 0 Å². The van der Waals surface area contributed by atoms with Gasteiger partial charge in [0.25, 0.3) is 0 Å². The molecule has 5 rings (SSSR count). The van der Waals surface area contributed by atoms with Crippen molar-refractivity contribution < 1.29 is 14.6 Å². The third-order valence-electron chi connectivity index (χ3n) is 7.89. The van der Waals surface area contributed by atoms with E-state index in [2.05, 4.69) is 74.6 Å². The number of hydrogen-bond donors (Lipinski definition) is 2. The van der Waals surface area contributed by atoms with Gasteiger partial charge in [0, 0.05) is 5.69 Å². The van der Waals surface area contributed by atoms with E-state index in [9.17, 15) is 9.90 Å². The average molecular weight is 456 g/mol. The highest BCUT2D eigenvalue weighted by molar-refractivity contribution is 5.87. The van der Waals surface area contributed by atoms with Gasteiger partial charge in [0.15, 0.2) is 0 Å². The summed E-state index contributed by atoms with van der Waals surface area (Å²) in [5.74, 6) is -0.667. The van der Waals surface area contributed by atoms with Crippen molar-refractivity contribution in [2.45, 2.75) is 65.2 Å². The molecule has 176 valence electrons. The molecule has 2 atom stereocenters. The molecule has 0 aliphatic heterocycles. The maximum absolute atomic E-state index is 11.9. The van der Waals surface area contributed by atoms with Crippen molar-refractivity contribution in [3.05, 3.63) is 88.0 Å². The highest BCUT2D eigenvalue weighted by Crippen LogP contribution is 2.46. The molecule has 0 amide bonds. The number of carboxylic acid groups (broad SMARTS) is 1. The predicted molar refractivity (Wildman–Crippen MR) is 136 cm³/mol. The lowest BCUT2D eigenvalue weighted by Crippen LogP contribution is -2.33. The number of nitrogens with one attached hydrogen (secondary N) is 1. The molecule has 0 heterocycles. The van der Waals surface area contributed by atoms with Gasteiger partial charge in [-0.3, -0.25) is 0 Å². The summed E-state index contributed by atoms with van der Waals surface area (Å²) in [5.41, 5.74) is 9.98. The molecule has 0 unspecified atom stereocenters. The number of fused-ring (bicyclic) bond motifs is 1. The standard InChI is InChI=1S/C30H33NO3/c1-18-11-24(12-19(2)21(18)4)28-10-9-26(31-30(29(32)33)16-20(30)3)13-25(28)17-34-27-14-22-7-5-6-8-23(22)15-27/h5-13,20,27,31H,14-17H2,1-4H3,(H,32,33)/t20-,30+/m1/s1. The highest BCUT2D eigenvalue weighted by atomic mass is 16.5.